The highest BCUT2D eigenvalue weighted by Crippen LogP contribution is 2.60. The third-order valence-corrected chi connectivity index (χ3v) is 6.89. The first-order chi connectivity index (χ1) is 12.6. The summed E-state index contributed by atoms with van der Waals surface area (Å²) in [6, 6.07) is 1.94. The number of fused-ring (bicyclic) bond motifs is 1. The van der Waals surface area contributed by atoms with Gasteiger partial charge in [-0.2, -0.15) is 0 Å². The van der Waals surface area contributed by atoms with Crippen molar-refractivity contribution in [3.63, 3.8) is 0 Å². The van der Waals surface area contributed by atoms with Crippen LogP contribution in [0.2, 0.25) is 0 Å². The number of allylic oxidation sites excluding steroid dienone is 1. The number of Topliss-reactive ketones (excluding diaryl/α,β-unsaturated/α-hetero) is 1. The molecule has 5 heteroatoms. The van der Waals surface area contributed by atoms with Crippen molar-refractivity contribution in [2.75, 3.05) is 0 Å². The molecule has 2 aliphatic carbocycles. The van der Waals surface area contributed by atoms with E-state index in [4.69, 9.17) is 9.15 Å². The van der Waals surface area contributed by atoms with Crippen LogP contribution >= 0.6 is 0 Å². The maximum Gasteiger partial charge on any atom is 0.302 e. The van der Waals surface area contributed by atoms with Crippen LogP contribution in [0.1, 0.15) is 59.4 Å². The maximum atomic E-state index is 12.9. The smallest absolute Gasteiger partial charge is 0.302 e. The molecule has 0 aliphatic heterocycles. The fraction of sp³-hybridized carbons (Fsp3) is 0.636. The summed E-state index contributed by atoms with van der Waals surface area (Å²) in [5.41, 5.74) is 2.10. The van der Waals surface area contributed by atoms with Crippen molar-refractivity contribution in [1.82, 2.24) is 0 Å². The van der Waals surface area contributed by atoms with Gasteiger partial charge in [-0.25, -0.2) is 0 Å². The summed E-state index contributed by atoms with van der Waals surface area (Å²) < 4.78 is 10.7. The van der Waals surface area contributed by atoms with Gasteiger partial charge in [0, 0.05) is 18.3 Å². The average molecular weight is 374 g/mol. The summed E-state index contributed by atoms with van der Waals surface area (Å²) >= 11 is 0. The van der Waals surface area contributed by atoms with Crippen molar-refractivity contribution in [2.45, 2.75) is 72.5 Å². The van der Waals surface area contributed by atoms with Gasteiger partial charge >= 0.3 is 5.97 Å². The molecule has 1 saturated carbocycles. The van der Waals surface area contributed by atoms with Crippen molar-refractivity contribution < 1.29 is 23.8 Å². The molecule has 5 nitrogen and oxygen atoms in total. The van der Waals surface area contributed by atoms with Crippen molar-refractivity contribution in [2.24, 2.45) is 16.7 Å². The Hall–Kier alpha value is -1.88. The van der Waals surface area contributed by atoms with Crippen LogP contribution in [0.3, 0.4) is 0 Å². The molecule has 0 saturated heterocycles. The van der Waals surface area contributed by atoms with Crippen molar-refractivity contribution >= 4 is 11.8 Å². The fourth-order valence-electron chi connectivity index (χ4n) is 5.61. The number of rotatable bonds is 4. The number of ether oxygens (including phenoxy) is 1. The first kappa shape index (κ1) is 19.9. The Kier molecular flexibility index (Phi) is 5.10. The zero-order valence-corrected chi connectivity index (χ0v) is 16.9. The number of hydrogen-bond donors (Lipinski definition) is 1. The number of aryl methyl sites for hydroxylation is 1. The highest BCUT2D eigenvalue weighted by molar-refractivity contribution is 6.00. The lowest BCUT2D eigenvalue weighted by atomic mass is 9.48. The van der Waals surface area contributed by atoms with Crippen LogP contribution in [0.25, 0.3) is 0 Å². The monoisotopic (exact) mass is 374 g/mol. The Labute approximate surface area is 160 Å². The minimum absolute atomic E-state index is 0.198. The summed E-state index contributed by atoms with van der Waals surface area (Å²) in [5.74, 6) is -0.810. The van der Waals surface area contributed by atoms with Crippen LogP contribution in [0.15, 0.2) is 34.2 Å². The standard InChI is InChI=1S/C22H30O5/c1-13-16(7-6-15-9-11-26-12-15)22(5)10-8-17(27-14(2)23)21(3,4)20(22)19(25)18(13)24/h9,11-12,17,19-20,25H,6-8,10H2,1-5H3. The number of aliphatic hydroxyl groups is 1. The van der Waals surface area contributed by atoms with E-state index in [1.54, 1.807) is 12.5 Å². The fourth-order valence-corrected chi connectivity index (χ4v) is 5.61. The Bertz CT molecular complexity index is 758. The van der Waals surface area contributed by atoms with E-state index >= 15 is 0 Å². The molecule has 1 aromatic heterocycles. The highest BCUT2D eigenvalue weighted by Gasteiger charge is 2.60. The molecule has 1 fully saturated rings. The van der Waals surface area contributed by atoms with Crippen LogP contribution < -0.4 is 0 Å². The molecule has 4 unspecified atom stereocenters. The molecule has 1 N–H and O–H groups in total. The van der Waals surface area contributed by atoms with Crippen molar-refractivity contribution in [3.8, 4) is 0 Å². The van der Waals surface area contributed by atoms with E-state index in [1.807, 2.05) is 26.8 Å². The summed E-state index contributed by atoms with van der Waals surface area (Å²) in [6.45, 7) is 9.42. The molecule has 148 valence electrons. The van der Waals surface area contributed by atoms with E-state index < -0.39 is 11.5 Å². The van der Waals surface area contributed by atoms with Gasteiger partial charge < -0.3 is 14.3 Å². The molecular formula is C22H30O5. The molecule has 0 spiro atoms. The largest absolute Gasteiger partial charge is 0.472 e. The zero-order valence-electron chi connectivity index (χ0n) is 16.9. The molecule has 27 heavy (non-hydrogen) atoms. The van der Waals surface area contributed by atoms with Gasteiger partial charge in [0.15, 0.2) is 5.78 Å². The number of carbonyl (C=O) groups is 2. The summed E-state index contributed by atoms with van der Waals surface area (Å²) in [5, 5.41) is 10.9. The molecule has 0 amide bonds. The highest BCUT2D eigenvalue weighted by atomic mass is 16.5. The second-order valence-electron chi connectivity index (χ2n) is 8.90. The average Bonchev–Trinajstić information content (AvgIpc) is 3.08. The topological polar surface area (TPSA) is 76.7 Å². The Morgan fingerprint density at radius 3 is 2.63 bits per heavy atom. The van der Waals surface area contributed by atoms with Crippen molar-refractivity contribution in [1.29, 1.82) is 0 Å². The Balaban J connectivity index is 1.98. The lowest BCUT2D eigenvalue weighted by molar-refractivity contribution is -0.178. The molecule has 2 aliphatic rings. The van der Waals surface area contributed by atoms with Gasteiger partial charge in [-0.3, -0.25) is 9.59 Å². The second kappa shape index (κ2) is 6.93. The van der Waals surface area contributed by atoms with Gasteiger partial charge in [0.05, 0.1) is 12.5 Å². The summed E-state index contributed by atoms with van der Waals surface area (Å²) in [4.78, 5) is 24.4. The van der Waals surface area contributed by atoms with Crippen molar-refractivity contribution in [3.05, 3.63) is 35.3 Å². The van der Waals surface area contributed by atoms with E-state index in [0.717, 1.165) is 36.8 Å². The minimum Gasteiger partial charge on any atom is -0.472 e. The molecule has 0 aromatic carbocycles. The molecule has 0 radical (unpaired) electrons. The van der Waals surface area contributed by atoms with E-state index in [2.05, 4.69) is 6.92 Å². The Morgan fingerprint density at radius 1 is 1.33 bits per heavy atom. The van der Waals surface area contributed by atoms with Crippen LogP contribution in [0, 0.1) is 16.7 Å². The molecule has 0 bridgehead atoms. The van der Waals surface area contributed by atoms with Gasteiger partial charge in [-0.05, 0) is 55.2 Å². The van der Waals surface area contributed by atoms with Gasteiger partial charge in [-0.15, -0.1) is 0 Å². The number of esters is 1. The van der Waals surface area contributed by atoms with Crippen LogP contribution in [-0.2, 0) is 20.7 Å². The third kappa shape index (κ3) is 3.27. The molecule has 3 rings (SSSR count). The molecule has 4 atom stereocenters. The normalized spacial score (nSPS) is 33.0. The van der Waals surface area contributed by atoms with Gasteiger partial charge in [0.1, 0.15) is 12.2 Å². The third-order valence-electron chi connectivity index (χ3n) is 6.89. The van der Waals surface area contributed by atoms with E-state index in [9.17, 15) is 14.7 Å². The SMILES string of the molecule is CC(=O)OC1CCC2(C)C(CCc3ccoc3)=C(C)C(=O)C(O)C2C1(C)C. The molecular weight excluding hydrogens is 344 g/mol. The zero-order chi connectivity index (χ0) is 20.0. The first-order valence-corrected chi connectivity index (χ1v) is 9.70. The molecule has 1 aromatic rings. The van der Waals surface area contributed by atoms with E-state index in [0.29, 0.717) is 5.57 Å². The lowest BCUT2D eigenvalue weighted by Gasteiger charge is -2.58. The van der Waals surface area contributed by atoms with Crippen LogP contribution in [0.4, 0.5) is 0 Å². The predicted octanol–water partition coefficient (Wildman–Crippen LogP) is 3.85. The minimum atomic E-state index is -1.07. The number of furan rings is 1. The van der Waals surface area contributed by atoms with Gasteiger partial charge in [-0.1, -0.05) is 26.3 Å². The van der Waals surface area contributed by atoms with Gasteiger partial charge in [0.2, 0.25) is 0 Å². The van der Waals surface area contributed by atoms with Crippen LogP contribution in [0.5, 0.6) is 0 Å². The van der Waals surface area contributed by atoms with E-state index in [1.165, 1.54) is 6.92 Å². The quantitative estimate of drug-likeness (QED) is 0.810. The van der Waals surface area contributed by atoms with E-state index in [-0.39, 0.29) is 29.2 Å². The first-order valence-electron chi connectivity index (χ1n) is 9.70. The molecule has 1 heterocycles. The number of hydrogen-bond acceptors (Lipinski definition) is 5. The maximum absolute atomic E-state index is 12.9. The lowest BCUT2D eigenvalue weighted by Crippen LogP contribution is -2.60. The Morgan fingerprint density at radius 2 is 2.04 bits per heavy atom. The number of aliphatic hydroxyl groups excluding tert-OH is 1. The summed E-state index contributed by atoms with van der Waals surface area (Å²) in [6.07, 6.45) is 5.07. The number of carbonyl (C=O) groups excluding carboxylic acids is 2. The second-order valence-corrected chi connectivity index (χ2v) is 8.90. The van der Waals surface area contributed by atoms with Crippen LogP contribution in [-0.4, -0.2) is 29.1 Å². The predicted molar refractivity (Wildman–Crippen MR) is 101 cm³/mol. The van der Waals surface area contributed by atoms with Gasteiger partial charge in [0.25, 0.3) is 0 Å². The number of ketones is 1. The summed E-state index contributed by atoms with van der Waals surface area (Å²) in [7, 11) is 0.